The third-order valence-corrected chi connectivity index (χ3v) is 7.95. The number of halogens is 2. The first-order valence-corrected chi connectivity index (χ1v) is 12.8. The molecule has 2 unspecified atom stereocenters. The van der Waals surface area contributed by atoms with Crippen LogP contribution in [0.2, 0.25) is 0 Å². The van der Waals surface area contributed by atoms with Crippen molar-refractivity contribution in [2.45, 2.75) is 84.0 Å². The van der Waals surface area contributed by atoms with Gasteiger partial charge in [-0.15, -0.1) is 0 Å². The van der Waals surface area contributed by atoms with E-state index >= 15 is 4.39 Å². The van der Waals surface area contributed by atoms with Gasteiger partial charge in [-0.1, -0.05) is 51.2 Å². The summed E-state index contributed by atoms with van der Waals surface area (Å²) in [6, 6.07) is 6.44. The van der Waals surface area contributed by atoms with Crippen molar-refractivity contribution in [3.63, 3.8) is 0 Å². The maximum Gasteiger partial charge on any atom is 0.134 e. The Kier molecular flexibility index (Phi) is 7.86. The summed E-state index contributed by atoms with van der Waals surface area (Å²) in [6.07, 6.45) is 16.4. The molecule has 174 valence electrons. The lowest BCUT2D eigenvalue weighted by Crippen LogP contribution is -2.30. The number of unbranched alkanes of at least 4 members (excludes halogenated alkanes) is 2. The van der Waals surface area contributed by atoms with Crippen molar-refractivity contribution in [1.29, 1.82) is 0 Å². The number of ether oxygens (including phenoxy) is 1. The van der Waals surface area contributed by atoms with Crippen LogP contribution in [0.25, 0.3) is 10.8 Å². The highest BCUT2D eigenvalue weighted by Crippen LogP contribution is 2.49. The van der Waals surface area contributed by atoms with Crippen molar-refractivity contribution in [2.24, 2.45) is 17.8 Å². The maximum atomic E-state index is 15.2. The van der Waals surface area contributed by atoms with E-state index in [1.807, 2.05) is 19.1 Å². The van der Waals surface area contributed by atoms with Crippen LogP contribution in [0.1, 0.15) is 89.5 Å². The van der Waals surface area contributed by atoms with Gasteiger partial charge in [-0.05, 0) is 91.8 Å². The van der Waals surface area contributed by atoms with Gasteiger partial charge in [-0.2, -0.15) is 0 Å². The van der Waals surface area contributed by atoms with Crippen molar-refractivity contribution in [3.8, 4) is 5.75 Å². The normalized spacial score (nSPS) is 25.9. The Morgan fingerprint density at radius 2 is 1.75 bits per heavy atom. The fourth-order valence-corrected chi connectivity index (χ4v) is 6.18. The Labute approximate surface area is 192 Å². The van der Waals surface area contributed by atoms with Gasteiger partial charge in [0.1, 0.15) is 24.0 Å². The molecule has 0 spiro atoms. The minimum absolute atomic E-state index is 0.195. The molecule has 3 heteroatoms. The van der Waals surface area contributed by atoms with Crippen LogP contribution in [-0.2, 0) is 0 Å². The summed E-state index contributed by atoms with van der Waals surface area (Å²) in [7, 11) is 0. The molecule has 2 aromatic carbocycles. The summed E-state index contributed by atoms with van der Waals surface area (Å²) >= 11 is 0. The molecular weight excluding hydrogens is 402 g/mol. The highest BCUT2D eigenvalue weighted by Gasteiger charge is 2.36. The third kappa shape index (κ3) is 5.35. The summed E-state index contributed by atoms with van der Waals surface area (Å²) in [6.45, 7) is 4.56. The van der Waals surface area contributed by atoms with Crippen molar-refractivity contribution < 1.29 is 13.5 Å². The van der Waals surface area contributed by atoms with E-state index in [2.05, 4.69) is 6.92 Å². The van der Waals surface area contributed by atoms with Crippen LogP contribution >= 0.6 is 0 Å². The molecule has 0 bridgehead atoms. The lowest BCUT2D eigenvalue weighted by atomic mass is 9.63. The fourth-order valence-electron chi connectivity index (χ4n) is 6.18. The van der Waals surface area contributed by atoms with E-state index < -0.39 is 0 Å². The standard InChI is InChI=1S/C29H38F2O/c1-3-5-7-8-20-9-10-22-15-23(12-11-21(22)14-20)26-19-27-24(17-28(26)30)16-25(18-29(27)31)32-13-6-4-2/h4,6,16-23H,3,5,7-15H2,1-2H3/b6-4+/t20?,21-,22?,23-/m1/s1. The number of fused-ring (bicyclic) bond motifs is 2. The van der Waals surface area contributed by atoms with E-state index in [0.717, 1.165) is 24.7 Å². The van der Waals surface area contributed by atoms with Crippen molar-refractivity contribution >= 4 is 10.8 Å². The molecule has 0 aliphatic heterocycles. The van der Waals surface area contributed by atoms with Gasteiger partial charge in [-0.25, -0.2) is 8.78 Å². The average molecular weight is 441 g/mol. The number of benzene rings is 2. The van der Waals surface area contributed by atoms with Crippen LogP contribution in [0, 0.1) is 29.4 Å². The Morgan fingerprint density at radius 3 is 2.56 bits per heavy atom. The van der Waals surface area contributed by atoms with Crippen molar-refractivity contribution in [2.75, 3.05) is 6.61 Å². The van der Waals surface area contributed by atoms with Crippen LogP contribution in [-0.4, -0.2) is 6.61 Å². The van der Waals surface area contributed by atoms with Gasteiger partial charge in [0.15, 0.2) is 0 Å². The minimum Gasteiger partial charge on any atom is -0.489 e. The highest BCUT2D eigenvalue weighted by molar-refractivity contribution is 5.85. The number of rotatable bonds is 8. The van der Waals surface area contributed by atoms with Gasteiger partial charge < -0.3 is 4.74 Å². The topological polar surface area (TPSA) is 9.23 Å². The number of allylic oxidation sites excluding steroid dienone is 1. The van der Waals surface area contributed by atoms with Gasteiger partial charge in [-0.3, -0.25) is 0 Å². The zero-order chi connectivity index (χ0) is 22.5. The second kappa shape index (κ2) is 10.8. The molecule has 0 heterocycles. The van der Waals surface area contributed by atoms with Crippen LogP contribution in [0.4, 0.5) is 8.78 Å². The lowest BCUT2D eigenvalue weighted by molar-refractivity contribution is 0.112. The molecule has 2 aliphatic carbocycles. The van der Waals surface area contributed by atoms with Gasteiger partial charge in [0.25, 0.3) is 0 Å². The van der Waals surface area contributed by atoms with Gasteiger partial charge >= 0.3 is 0 Å². The molecule has 2 aromatic rings. The minimum atomic E-state index is -0.333. The van der Waals surface area contributed by atoms with E-state index in [4.69, 9.17) is 4.74 Å². The van der Waals surface area contributed by atoms with Crippen molar-refractivity contribution in [1.82, 2.24) is 0 Å². The number of hydrogen-bond acceptors (Lipinski definition) is 1. The maximum absolute atomic E-state index is 15.2. The Balaban J connectivity index is 1.45. The van der Waals surface area contributed by atoms with Gasteiger partial charge in [0.2, 0.25) is 0 Å². The second-order valence-electron chi connectivity index (χ2n) is 10.1. The smallest absolute Gasteiger partial charge is 0.134 e. The van der Waals surface area contributed by atoms with E-state index in [1.54, 1.807) is 12.1 Å². The SMILES string of the molecule is C/C=C/COc1cc(F)c2cc([C@@H]3CC[C@@H]4CC(CCCCC)CCC4C3)c(F)cc2c1. The van der Waals surface area contributed by atoms with Crippen LogP contribution in [0.5, 0.6) is 5.75 Å². The first-order valence-electron chi connectivity index (χ1n) is 12.8. The summed E-state index contributed by atoms with van der Waals surface area (Å²) < 4.78 is 35.6. The molecule has 4 rings (SSSR count). The molecule has 0 N–H and O–H groups in total. The molecule has 0 aromatic heterocycles. The second-order valence-corrected chi connectivity index (χ2v) is 10.1. The van der Waals surface area contributed by atoms with Crippen molar-refractivity contribution in [3.05, 3.63) is 53.6 Å². The third-order valence-electron chi connectivity index (χ3n) is 7.95. The van der Waals surface area contributed by atoms with Crippen LogP contribution in [0.15, 0.2) is 36.4 Å². The zero-order valence-corrected chi connectivity index (χ0v) is 19.7. The molecule has 1 nitrogen and oxygen atoms in total. The fraction of sp³-hybridized carbons (Fsp3) is 0.586. The van der Waals surface area contributed by atoms with E-state index in [1.165, 1.54) is 63.5 Å². The summed E-state index contributed by atoms with van der Waals surface area (Å²) in [5, 5.41) is 1.07. The number of hydrogen-bond donors (Lipinski definition) is 0. The predicted molar refractivity (Wildman–Crippen MR) is 129 cm³/mol. The monoisotopic (exact) mass is 440 g/mol. The van der Waals surface area contributed by atoms with Crippen LogP contribution < -0.4 is 4.74 Å². The molecule has 0 saturated heterocycles. The summed E-state index contributed by atoms with van der Waals surface area (Å²) in [5.41, 5.74) is 0.711. The zero-order valence-electron chi connectivity index (χ0n) is 19.7. The quantitative estimate of drug-likeness (QED) is 0.294. The Hall–Kier alpha value is -1.90. The Bertz CT molecular complexity index is 934. The van der Waals surface area contributed by atoms with Gasteiger partial charge in [0.05, 0.1) is 0 Å². The largest absolute Gasteiger partial charge is 0.489 e. The van der Waals surface area contributed by atoms with E-state index in [9.17, 15) is 4.39 Å². The molecular formula is C29H38F2O. The van der Waals surface area contributed by atoms with E-state index in [0.29, 0.717) is 34.6 Å². The molecule has 2 fully saturated rings. The first kappa shape index (κ1) is 23.3. The lowest BCUT2D eigenvalue weighted by Gasteiger charge is -2.42. The molecule has 2 saturated carbocycles. The molecule has 32 heavy (non-hydrogen) atoms. The molecule has 2 aliphatic rings. The van der Waals surface area contributed by atoms with Gasteiger partial charge in [0, 0.05) is 11.5 Å². The van der Waals surface area contributed by atoms with E-state index in [-0.39, 0.29) is 17.6 Å². The predicted octanol–water partition coefficient (Wildman–Crippen LogP) is 8.95. The average Bonchev–Trinajstić information content (AvgIpc) is 2.79. The molecule has 4 atom stereocenters. The first-order chi connectivity index (χ1) is 15.6. The summed E-state index contributed by atoms with van der Waals surface area (Å²) in [4.78, 5) is 0. The molecule has 0 radical (unpaired) electrons. The van der Waals surface area contributed by atoms with Crippen LogP contribution in [0.3, 0.4) is 0 Å². The highest BCUT2D eigenvalue weighted by atomic mass is 19.1. The Morgan fingerprint density at radius 1 is 0.938 bits per heavy atom. The molecule has 0 amide bonds. The summed E-state index contributed by atoms with van der Waals surface area (Å²) in [5.74, 6) is 2.54.